The standard InChI is InChI=1S/C15H23N3O.HI/c1-4-9-17-15(16)18-11-13(5-2)19-14-8-6-7-12(3)10-14;/h4,6-8,10,13H,1,5,9,11H2,2-3H3,(H3,16,17,18);1H. The van der Waals surface area contributed by atoms with Crippen molar-refractivity contribution in [2.24, 2.45) is 10.7 Å². The van der Waals surface area contributed by atoms with E-state index >= 15 is 0 Å². The number of aliphatic imine (C=N–C) groups is 1. The average molecular weight is 389 g/mol. The molecule has 20 heavy (non-hydrogen) atoms. The molecule has 0 amide bonds. The maximum Gasteiger partial charge on any atom is 0.188 e. The molecule has 5 heteroatoms. The lowest BCUT2D eigenvalue weighted by Crippen LogP contribution is -2.33. The molecule has 0 aromatic heterocycles. The highest BCUT2D eigenvalue weighted by Gasteiger charge is 2.07. The quantitative estimate of drug-likeness (QED) is 0.326. The number of nitrogens with zero attached hydrogens (tertiary/aromatic N) is 1. The van der Waals surface area contributed by atoms with Crippen LogP contribution in [0, 0.1) is 6.92 Å². The predicted molar refractivity (Wildman–Crippen MR) is 96.0 cm³/mol. The van der Waals surface area contributed by atoms with E-state index in [1.165, 1.54) is 5.56 Å². The molecule has 1 unspecified atom stereocenters. The zero-order chi connectivity index (χ0) is 14.1. The number of nitrogens with two attached hydrogens (primary N) is 1. The third kappa shape index (κ3) is 7.37. The fourth-order valence-corrected chi connectivity index (χ4v) is 1.56. The van der Waals surface area contributed by atoms with Gasteiger partial charge in [-0.3, -0.25) is 0 Å². The Hall–Kier alpha value is -1.24. The molecule has 1 atom stereocenters. The Bertz CT molecular complexity index is 435. The number of halogens is 1. The second-order valence-corrected chi connectivity index (χ2v) is 4.36. The van der Waals surface area contributed by atoms with Crippen LogP contribution in [0.15, 0.2) is 41.9 Å². The molecule has 112 valence electrons. The van der Waals surface area contributed by atoms with Crippen LogP contribution in [0.25, 0.3) is 0 Å². The molecule has 0 radical (unpaired) electrons. The third-order valence-corrected chi connectivity index (χ3v) is 2.64. The lowest BCUT2D eigenvalue weighted by molar-refractivity contribution is 0.205. The molecular formula is C15H24IN3O. The van der Waals surface area contributed by atoms with Crippen molar-refractivity contribution in [1.82, 2.24) is 5.32 Å². The summed E-state index contributed by atoms with van der Waals surface area (Å²) in [6.45, 7) is 8.89. The first-order valence-electron chi connectivity index (χ1n) is 6.53. The Morgan fingerprint density at radius 3 is 2.90 bits per heavy atom. The van der Waals surface area contributed by atoms with Gasteiger partial charge in [0.05, 0.1) is 6.54 Å². The summed E-state index contributed by atoms with van der Waals surface area (Å²) >= 11 is 0. The van der Waals surface area contributed by atoms with Gasteiger partial charge in [0.25, 0.3) is 0 Å². The Kier molecular flexibility index (Phi) is 9.88. The Morgan fingerprint density at radius 1 is 1.55 bits per heavy atom. The first-order chi connectivity index (χ1) is 9.15. The van der Waals surface area contributed by atoms with Crippen LogP contribution in [0.3, 0.4) is 0 Å². The van der Waals surface area contributed by atoms with Crippen LogP contribution < -0.4 is 15.8 Å². The van der Waals surface area contributed by atoms with Crippen LogP contribution >= 0.6 is 24.0 Å². The molecule has 0 spiro atoms. The van der Waals surface area contributed by atoms with Crippen LogP contribution in [-0.2, 0) is 0 Å². The molecule has 1 rings (SSSR count). The zero-order valence-electron chi connectivity index (χ0n) is 12.1. The van der Waals surface area contributed by atoms with Crippen molar-refractivity contribution >= 4 is 29.9 Å². The van der Waals surface area contributed by atoms with Gasteiger partial charge in [0, 0.05) is 6.54 Å². The maximum absolute atomic E-state index is 5.89. The number of hydrogen-bond donors (Lipinski definition) is 2. The van der Waals surface area contributed by atoms with Crippen molar-refractivity contribution in [2.75, 3.05) is 13.1 Å². The molecule has 1 aromatic rings. The molecule has 0 aliphatic heterocycles. The van der Waals surface area contributed by atoms with Gasteiger partial charge < -0.3 is 15.8 Å². The van der Waals surface area contributed by atoms with Crippen molar-refractivity contribution < 1.29 is 4.74 Å². The monoisotopic (exact) mass is 389 g/mol. The highest BCUT2D eigenvalue weighted by Crippen LogP contribution is 2.15. The van der Waals surface area contributed by atoms with E-state index in [0.29, 0.717) is 19.0 Å². The van der Waals surface area contributed by atoms with Gasteiger partial charge in [0.15, 0.2) is 5.96 Å². The number of hydrogen-bond acceptors (Lipinski definition) is 2. The van der Waals surface area contributed by atoms with E-state index in [0.717, 1.165) is 12.2 Å². The second-order valence-electron chi connectivity index (χ2n) is 4.36. The van der Waals surface area contributed by atoms with Crippen LogP contribution in [0.1, 0.15) is 18.9 Å². The summed E-state index contributed by atoms with van der Waals surface area (Å²) in [7, 11) is 0. The van der Waals surface area contributed by atoms with Gasteiger partial charge in [-0.2, -0.15) is 0 Å². The molecule has 0 aliphatic carbocycles. The number of guanidine groups is 1. The molecule has 1 aromatic carbocycles. The highest BCUT2D eigenvalue weighted by atomic mass is 127. The van der Waals surface area contributed by atoms with Gasteiger partial charge in [-0.05, 0) is 31.0 Å². The molecule has 4 nitrogen and oxygen atoms in total. The van der Waals surface area contributed by atoms with Crippen molar-refractivity contribution in [1.29, 1.82) is 0 Å². The smallest absolute Gasteiger partial charge is 0.188 e. The molecule has 0 aliphatic rings. The summed E-state index contributed by atoms with van der Waals surface area (Å²) < 4.78 is 5.89. The van der Waals surface area contributed by atoms with E-state index in [9.17, 15) is 0 Å². The summed E-state index contributed by atoms with van der Waals surface area (Å²) in [6, 6.07) is 8.01. The highest BCUT2D eigenvalue weighted by molar-refractivity contribution is 14.0. The SMILES string of the molecule is C=CCNC(N)=NCC(CC)Oc1cccc(C)c1.I. The van der Waals surface area contributed by atoms with Gasteiger partial charge in [-0.15, -0.1) is 30.6 Å². The first kappa shape index (κ1) is 18.8. The molecule has 0 fully saturated rings. The molecule has 0 saturated heterocycles. The number of aryl methyl sites for hydroxylation is 1. The van der Waals surface area contributed by atoms with E-state index in [-0.39, 0.29) is 30.1 Å². The molecule has 0 heterocycles. The fraction of sp³-hybridized carbons (Fsp3) is 0.400. The van der Waals surface area contributed by atoms with E-state index in [1.54, 1.807) is 6.08 Å². The minimum Gasteiger partial charge on any atom is -0.489 e. The van der Waals surface area contributed by atoms with E-state index < -0.39 is 0 Å². The summed E-state index contributed by atoms with van der Waals surface area (Å²) in [5.41, 5.74) is 6.90. The second kappa shape index (κ2) is 10.5. The Morgan fingerprint density at radius 2 is 2.30 bits per heavy atom. The number of rotatable bonds is 7. The molecule has 0 saturated carbocycles. The molecule has 3 N–H and O–H groups in total. The summed E-state index contributed by atoms with van der Waals surface area (Å²) in [4.78, 5) is 4.26. The average Bonchev–Trinajstić information content (AvgIpc) is 2.41. The number of ether oxygens (including phenoxy) is 1. The Balaban J connectivity index is 0.00000361. The van der Waals surface area contributed by atoms with Crippen molar-refractivity contribution in [3.63, 3.8) is 0 Å². The molecule has 0 bridgehead atoms. The minimum atomic E-state index is 0. The molecular weight excluding hydrogens is 365 g/mol. The number of benzene rings is 1. The lowest BCUT2D eigenvalue weighted by atomic mass is 10.2. The lowest BCUT2D eigenvalue weighted by Gasteiger charge is -2.16. The Labute approximate surface area is 138 Å². The minimum absolute atomic E-state index is 0. The normalized spacial score (nSPS) is 12.2. The van der Waals surface area contributed by atoms with Gasteiger partial charge in [0.1, 0.15) is 11.9 Å². The van der Waals surface area contributed by atoms with Crippen LogP contribution in [-0.4, -0.2) is 25.2 Å². The van der Waals surface area contributed by atoms with Gasteiger partial charge >= 0.3 is 0 Å². The van der Waals surface area contributed by atoms with Crippen LogP contribution in [0.2, 0.25) is 0 Å². The maximum atomic E-state index is 5.89. The van der Waals surface area contributed by atoms with Gasteiger partial charge in [0.2, 0.25) is 0 Å². The van der Waals surface area contributed by atoms with Crippen LogP contribution in [0.5, 0.6) is 5.75 Å². The summed E-state index contributed by atoms with van der Waals surface area (Å²) in [6.07, 6.45) is 2.65. The third-order valence-electron chi connectivity index (χ3n) is 2.64. The van der Waals surface area contributed by atoms with E-state index in [2.05, 4.69) is 23.8 Å². The summed E-state index contributed by atoms with van der Waals surface area (Å²) in [5.74, 6) is 1.30. The fourth-order valence-electron chi connectivity index (χ4n) is 1.56. The first-order valence-corrected chi connectivity index (χ1v) is 6.53. The largest absolute Gasteiger partial charge is 0.489 e. The van der Waals surface area contributed by atoms with Gasteiger partial charge in [-0.25, -0.2) is 4.99 Å². The number of nitrogens with one attached hydrogen (secondary N) is 1. The topological polar surface area (TPSA) is 59.6 Å². The summed E-state index contributed by atoms with van der Waals surface area (Å²) in [5, 5.41) is 2.94. The zero-order valence-corrected chi connectivity index (χ0v) is 14.5. The van der Waals surface area contributed by atoms with E-state index in [1.807, 2.05) is 31.2 Å². The van der Waals surface area contributed by atoms with Crippen molar-refractivity contribution in [2.45, 2.75) is 26.4 Å². The van der Waals surface area contributed by atoms with Gasteiger partial charge in [-0.1, -0.05) is 25.1 Å². The van der Waals surface area contributed by atoms with Crippen molar-refractivity contribution in [3.8, 4) is 5.75 Å². The predicted octanol–water partition coefficient (Wildman–Crippen LogP) is 2.86. The van der Waals surface area contributed by atoms with Crippen LogP contribution in [0.4, 0.5) is 0 Å². The van der Waals surface area contributed by atoms with Crippen molar-refractivity contribution in [3.05, 3.63) is 42.5 Å². The van der Waals surface area contributed by atoms with E-state index in [4.69, 9.17) is 10.5 Å².